The molecule has 1 heterocycles. The molecule has 0 unspecified atom stereocenters. The first-order chi connectivity index (χ1) is 10.0. The summed E-state index contributed by atoms with van der Waals surface area (Å²) in [4.78, 5) is 4.32. The second-order valence-corrected chi connectivity index (χ2v) is 5.86. The van der Waals surface area contributed by atoms with Crippen LogP contribution in [-0.2, 0) is 0 Å². The zero-order chi connectivity index (χ0) is 15.0. The van der Waals surface area contributed by atoms with Crippen molar-refractivity contribution in [2.45, 2.75) is 6.92 Å². The average molecular weight is 366 g/mol. The fourth-order valence-electron chi connectivity index (χ4n) is 1.93. The zero-order valence-corrected chi connectivity index (χ0v) is 13.3. The fourth-order valence-corrected chi connectivity index (χ4v) is 2.77. The van der Waals surface area contributed by atoms with E-state index < -0.39 is 0 Å². The molecule has 0 saturated carbocycles. The molecule has 2 aromatic carbocycles. The minimum absolute atomic E-state index is 0.000622. The Hall–Kier alpha value is -1.85. The van der Waals surface area contributed by atoms with E-state index in [2.05, 4.69) is 26.1 Å². The van der Waals surface area contributed by atoms with Gasteiger partial charge in [0.05, 0.1) is 5.56 Å². The highest BCUT2D eigenvalue weighted by Gasteiger charge is 2.15. The number of aromatic hydroxyl groups is 1. The van der Waals surface area contributed by atoms with Crippen LogP contribution in [0.1, 0.15) is 5.56 Å². The van der Waals surface area contributed by atoms with Crippen LogP contribution >= 0.6 is 27.5 Å². The number of hydrogen-bond acceptors (Lipinski definition) is 4. The summed E-state index contributed by atoms with van der Waals surface area (Å²) in [5.74, 6) is 0.693. The Bertz CT molecular complexity index is 751. The highest BCUT2D eigenvalue weighted by Crippen LogP contribution is 2.33. The first-order valence-corrected chi connectivity index (χ1v) is 7.31. The normalized spacial score (nSPS) is 10.8. The lowest BCUT2D eigenvalue weighted by atomic mass is 10.1. The molecule has 0 aliphatic heterocycles. The predicted molar refractivity (Wildman–Crippen MR) is 84.3 cm³/mol. The molecule has 6 heteroatoms. The molecular formula is C15H10BrClN2O2. The van der Waals surface area contributed by atoms with E-state index in [9.17, 15) is 5.11 Å². The summed E-state index contributed by atoms with van der Waals surface area (Å²) >= 11 is 9.29. The van der Waals surface area contributed by atoms with Crippen LogP contribution in [0.15, 0.2) is 45.4 Å². The molecule has 0 aliphatic rings. The molecule has 0 amide bonds. The van der Waals surface area contributed by atoms with Gasteiger partial charge in [-0.1, -0.05) is 38.8 Å². The maximum atomic E-state index is 9.89. The van der Waals surface area contributed by atoms with E-state index in [0.29, 0.717) is 16.4 Å². The van der Waals surface area contributed by atoms with Crippen molar-refractivity contribution in [3.63, 3.8) is 0 Å². The van der Waals surface area contributed by atoms with Crippen molar-refractivity contribution < 1.29 is 9.63 Å². The summed E-state index contributed by atoms with van der Waals surface area (Å²) in [6.07, 6.45) is 0. The summed E-state index contributed by atoms with van der Waals surface area (Å²) < 4.78 is 6.11. The van der Waals surface area contributed by atoms with Gasteiger partial charge in [-0.2, -0.15) is 4.98 Å². The molecule has 0 atom stereocenters. The highest BCUT2D eigenvalue weighted by atomic mass is 79.9. The molecule has 0 spiro atoms. The van der Waals surface area contributed by atoms with E-state index in [-0.39, 0.29) is 11.6 Å². The van der Waals surface area contributed by atoms with E-state index >= 15 is 0 Å². The van der Waals surface area contributed by atoms with E-state index in [0.717, 1.165) is 15.6 Å². The molecule has 0 radical (unpaired) electrons. The number of rotatable bonds is 2. The van der Waals surface area contributed by atoms with Gasteiger partial charge in [0.25, 0.3) is 5.89 Å². The van der Waals surface area contributed by atoms with Gasteiger partial charge >= 0.3 is 0 Å². The molecule has 0 aliphatic carbocycles. The number of phenolic OH excluding ortho intramolecular Hbond substituents is 1. The lowest BCUT2D eigenvalue weighted by molar-refractivity contribution is 0.425. The number of aromatic nitrogens is 2. The Labute approximate surface area is 134 Å². The molecule has 3 rings (SSSR count). The number of halogens is 2. The van der Waals surface area contributed by atoms with Crippen LogP contribution in [0, 0.1) is 6.92 Å². The number of phenols is 1. The summed E-state index contributed by atoms with van der Waals surface area (Å²) in [6, 6.07) is 10.6. The second kappa shape index (κ2) is 5.50. The summed E-state index contributed by atoms with van der Waals surface area (Å²) in [7, 11) is 0. The Kier molecular flexibility index (Phi) is 3.69. The SMILES string of the molecule is Cc1ccc(-c2noc(-c3ccc(Cl)cc3O)n2)c(Br)c1. The Morgan fingerprint density at radius 2 is 1.90 bits per heavy atom. The number of nitrogens with zero attached hydrogens (tertiary/aromatic N) is 2. The molecule has 1 aromatic heterocycles. The van der Waals surface area contributed by atoms with Crippen LogP contribution in [0.25, 0.3) is 22.8 Å². The topological polar surface area (TPSA) is 59.2 Å². The molecule has 0 saturated heterocycles. The zero-order valence-electron chi connectivity index (χ0n) is 11.0. The van der Waals surface area contributed by atoms with E-state index in [1.165, 1.54) is 6.07 Å². The van der Waals surface area contributed by atoms with E-state index in [1.807, 2.05) is 25.1 Å². The summed E-state index contributed by atoms with van der Waals surface area (Å²) in [5.41, 5.74) is 2.40. The largest absolute Gasteiger partial charge is 0.507 e. The van der Waals surface area contributed by atoms with Gasteiger partial charge in [0, 0.05) is 15.1 Å². The number of benzene rings is 2. The van der Waals surface area contributed by atoms with Gasteiger partial charge in [-0.3, -0.25) is 0 Å². The number of aryl methyl sites for hydroxylation is 1. The van der Waals surface area contributed by atoms with Gasteiger partial charge in [0.1, 0.15) is 5.75 Å². The monoisotopic (exact) mass is 364 g/mol. The summed E-state index contributed by atoms with van der Waals surface area (Å²) in [6.45, 7) is 2.00. The third-order valence-corrected chi connectivity index (χ3v) is 3.87. The van der Waals surface area contributed by atoms with Crippen molar-refractivity contribution in [1.29, 1.82) is 0 Å². The van der Waals surface area contributed by atoms with Crippen molar-refractivity contribution >= 4 is 27.5 Å². The van der Waals surface area contributed by atoms with Crippen LogP contribution in [0.3, 0.4) is 0 Å². The van der Waals surface area contributed by atoms with Gasteiger partial charge in [-0.15, -0.1) is 0 Å². The third kappa shape index (κ3) is 2.80. The van der Waals surface area contributed by atoms with Gasteiger partial charge in [0.2, 0.25) is 5.82 Å². The molecule has 21 heavy (non-hydrogen) atoms. The second-order valence-electron chi connectivity index (χ2n) is 4.57. The fraction of sp³-hybridized carbons (Fsp3) is 0.0667. The minimum atomic E-state index is 0.000622. The minimum Gasteiger partial charge on any atom is -0.507 e. The van der Waals surface area contributed by atoms with Crippen molar-refractivity contribution in [3.8, 4) is 28.6 Å². The van der Waals surface area contributed by atoms with Crippen LogP contribution in [0.4, 0.5) is 0 Å². The van der Waals surface area contributed by atoms with Crippen molar-refractivity contribution in [2.24, 2.45) is 0 Å². The maximum absolute atomic E-state index is 9.89. The van der Waals surface area contributed by atoms with Crippen molar-refractivity contribution in [3.05, 3.63) is 51.5 Å². The lowest BCUT2D eigenvalue weighted by Crippen LogP contribution is -1.84. The smallest absolute Gasteiger partial charge is 0.262 e. The molecule has 106 valence electrons. The quantitative estimate of drug-likeness (QED) is 0.706. The van der Waals surface area contributed by atoms with Crippen LogP contribution in [0.2, 0.25) is 5.02 Å². The molecule has 4 nitrogen and oxygen atoms in total. The Morgan fingerprint density at radius 1 is 1.14 bits per heavy atom. The standard InChI is InChI=1S/C15H10BrClN2O2/c1-8-2-4-10(12(16)6-8)14-18-15(21-19-14)11-5-3-9(17)7-13(11)20/h2-7,20H,1H3. The van der Waals surface area contributed by atoms with Crippen LogP contribution in [-0.4, -0.2) is 15.2 Å². The lowest BCUT2D eigenvalue weighted by Gasteiger charge is -2.00. The highest BCUT2D eigenvalue weighted by molar-refractivity contribution is 9.10. The Balaban J connectivity index is 2.03. The first kappa shape index (κ1) is 14.1. The van der Waals surface area contributed by atoms with Gasteiger partial charge in [-0.25, -0.2) is 0 Å². The average Bonchev–Trinajstić information content (AvgIpc) is 2.87. The van der Waals surface area contributed by atoms with E-state index in [4.69, 9.17) is 16.1 Å². The molecule has 1 N–H and O–H groups in total. The molecule has 0 fully saturated rings. The van der Waals surface area contributed by atoms with Gasteiger partial charge < -0.3 is 9.63 Å². The predicted octanol–water partition coefficient (Wildman–Crippen LogP) is 4.83. The maximum Gasteiger partial charge on any atom is 0.262 e. The first-order valence-electron chi connectivity index (χ1n) is 6.14. The van der Waals surface area contributed by atoms with Crippen LogP contribution in [0.5, 0.6) is 5.75 Å². The van der Waals surface area contributed by atoms with Crippen molar-refractivity contribution in [2.75, 3.05) is 0 Å². The molecular weight excluding hydrogens is 356 g/mol. The number of hydrogen-bond donors (Lipinski definition) is 1. The van der Waals surface area contributed by atoms with Gasteiger partial charge in [-0.05, 0) is 42.8 Å². The van der Waals surface area contributed by atoms with Crippen molar-refractivity contribution in [1.82, 2.24) is 10.1 Å². The Morgan fingerprint density at radius 3 is 2.62 bits per heavy atom. The molecule has 0 bridgehead atoms. The van der Waals surface area contributed by atoms with Crippen LogP contribution < -0.4 is 0 Å². The third-order valence-electron chi connectivity index (χ3n) is 2.98. The van der Waals surface area contributed by atoms with Gasteiger partial charge in [0.15, 0.2) is 0 Å². The molecule has 3 aromatic rings. The van der Waals surface area contributed by atoms with E-state index in [1.54, 1.807) is 12.1 Å². The summed E-state index contributed by atoms with van der Waals surface area (Å²) in [5, 5.41) is 14.3.